The molecule has 0 aliphatic rings. The molecule has 1 aromatic heterocycles. The van der Waals surface area contributed by atoms with Crippen LogP contribution in [0.2, 0.25) is 0 Å². The Morgan fingerprint density at radius 2 is 2.25 bits per heavy atom. The third kappa shape index (κ3) is 3.65. The van der Waals surface area contributed by atoms with E-state index in [4.69, 9.17) is 0 Å². The fourth-order valence-corrected chi connectivity index (χ4v) is 2.45. The predicted octanol–water partition coefficient (Wildman–Crippen LogP) is 2.62. The van der Waals surface area contributed by atoms with Crippen molar-refractivity contribution in [2.75, 3.05) is 6.54 Å². The van der Waals surface area contributed by atoms with Gasteiger partial charge in [0, 0.05) is 29.0 Å². The number of aromatic nitrogens is 1. The summed E-state index contributed by atoms with van der Waals surface area (Å²) in [6.45, 7) is 2.10. The van der Waals surface area contributed by atoms with Crippen LogP contribution in [-0.2, 0) is 0 Å². The van der Waals surface area contributed by atoms with Gasteiger partial charge in [0.25, 0.3) is 5.91 Å². The summed E-state index contributed by atoms with van der Waals surface area (Å²) in [6.07, 6.45) is 2.45. The lowest BCUT2D eigenvalue weighted by molar-refractivity contribution is 0.0915. The van der Waals surface area contributed by atoms with Crippen LogP contribution in [0.4, 0.5) is 0 Å². The van der Waals surface area contributed by atoms with Crippen molar-refractivity contribution in [3.05, 3.63) is 63.9 Å². The Morgan fingerprint density at radius 1 is 1.45 bits per heavy atom. The first-order valence-electron chi connectivity index (χ1n) is 6.20. The summed E-state index contributed by atoms with van der Waals surface area (Å²) in [7, 11) is 0. The molecule has 2 N–H and O–H groups in total. The monoisotopic (exact) mass is 334 g/mol. The van der Waals surface area contributed by atoms with Crippen LogP contribution in [0.15, 0.2) is 47.2 Å². The molecule has 5 heteroatoms. The third-order valence-electron chi connectivity index (χ3n) is 2.89. The molecule has 0 radical (unpaired) electrons. The number of aliphatic hydroxyl groups is 1. The van der Waals surface area contributed by atoms with E-state index in [-0.39, 0.29) is 12.5 Å². The van der Waals surface area contributed by atoms with Gasteiger partial charge in [-0.2, -0.15) is 0 Å². The molecule has 0 saturated heterocycles. The zero-order chi connectivity index (χ0) is 14.5. The average molecular weight is 335 g/mol. The van der Waals surface area contributed by atoms with E-state index in [9.17, 15) is 9.90 Å². The molecular weight excluding hydrogens is 320 g/mol. The Bertz CT molecular complexity index is 602. The van der Waals surface area contributed by atoms with Gasteiger partial charge in [0.15, 0.2) is 0 Å². The van der Waals surface area contributed by atoms with Crippen LogP contribution in [0, 0.1) is 6.92 Å². The molecule has 4 nitrogen and oxygen atoms in total. The summed E-state index contributed by atoms with van der Waals surface area (Å²) < 4.78 is 0.742. The average Bonchev–Trinajstić information content (AvgIpc) is 2.45. The number of pyridine rings is 1. The second-order valence-electron chi connectivity index (χ2n) is 4.50. The van der Waals surface area contributed by atoms with E-state index in [0.717, 1.165) is 10.0 Å². The van der Waals surface area contributed by atoms with Gasteiger partial charge in [-0.05, 0) is 46.6 Å². The third-order valence-corrected chi connectivity index (χ3v) is 3.55. The van der Waals surface area contributed by atoms with Gasteiger partial charge in [0.05, 0.1) is 11.7 Å². The summed E-state index contributed by atoms with van der Waals surface area (Å²) in [5.74, 6) is -0.222. The number of aryl methyl sites for hydroxylation is 1. The molecule has 0 aliphatic heterocycles. The van der Waals surface area contributed by atoms with Crippen molar-refractivity contribution in [1.82, 2.24) is 10.3 Å². The highest BCUT2D eigenvalue weighted by atomic mass is 79.9. The standard InChI is InChI=1S/C15H15BrN2O2/c1-10-4-5-12(13(16)7-10)15(20)18-9-14(19)11-3-2-6-17-8-11/h2-8,14,19H,9H2,1H3,(H,18,20)/t14-/m1/s1. The maximum absolute atomic E-state index is 12.0. The van der Waals surface area contributed by atoms with Crippen LogP contribution in [0.25, 0.3) is 0 Å². The lowest BCUT2D eigenvalue weighted by atomic mass is 10.1. The van der Waals surface area contributed by atoms with E-state index in [1.165, 1.54) is 0 Å². The molecule has 0 aliphatic carbocycles. The maximum Gasteiger partial charge on any atom is 0.252 e. The van der Waals surface area contributed by atoms with Gasteiger partial charge in [-0.25, -0.2) is 0 Å². The van der Waals surface area contributed by atoms with Crippen molar-refractivity contribution < 1.29 is 9.90 Å². The van der Waals surface area contributed by atoms with Crippen LogP contribution in [-0.4, -0.2) is 22.5 Å². The molecule has 0 saturated carbocycles. The molecule has 2 rings (SSSR count). The Hall–Kier alpha value is -1.72. The minimum absolute atomic E-state index is 0.144. The topological polar surface area (TPSA) is 62.2 Å². The SMILES string of the molecule is Cc1ccc(C(=O)NC[C@@H](O)c2cccnc2)c(Br)c1. The number of carbonyl (C=O) groups excluding carboxylic acids is 1. The van der Waals surface area contributed by atoms with Gasteiger partial charge >= 0.3 is 0 Å². The normalized spacial score (nSPS) is 11.9. The largest absolute Gasteiger partial charge is 0.387 e. The van der Waals surface area contributed by atoms with Crippen LogP contribution >= 0.6 is 15.9 Å². The molecule has 2 aromatic rings. The summed E-state index contributed by atoms with van der Waals surface area (Å²) in [6, 6.07) is 9.03. The van der Waals surface area contributed by atoms with Gasteiger partial charge in [-0.15, -0.1) is 0 Å². The second kappa shape index (κ2) is 6.63. The number of aliphatic hydroxyl groups excluding tert-OH is 1. The number of amides is 1. The highest BCUT2D eigenvalue weighted by Crippen LogP contribution is 2.18. The summed E-state index contributed by atoms with van der Waals surface area (Å²) >= 11 is 3.37. The van der Waals surface area contributed by atoms with E-state index in [0.29, 0.717) is 11.1 Å². The van der Waals surface area contributed by atoms with Crippen molar-refractivity contribution >= 4 is 21.8 Å². The number of nitrogens with zero attached hydrogens (tertiary/aromatic N) is 1. The van der Waals surface area contributed by atoms with Crippen molar-refractivity contribution in [3.8, 4) is 0 Å². The van der Waals surface area contributed by atoms with Gasteiger partial charge < -0.3 is 10.4 Å². The van der Waals surface area contributed by atoms with E-state index >= 15 is 0 Å². The summed E-state index contributed by atoms with van der Waals surface area (Å²) in [5.41, 5.74) is 2.30. The Balaban J connectivity index is 1.99. The Kier molecular flexibility index (Phi) is 4.87. The summed E-state index contributed by atoms with van der Waals surface area (Å²) in [4.78, 5) is 16.0. The number of rotatable bonds is 4. The molecule has 0 spiro atoms. The minimum atomic E-state index is -0.767. The van der Waals surface area contributed by atoms with Crippen LogP contribution in [0.1, 0.15) is 27.6 Å². The first-order valence-corrected chi connectivity index (χ1v) is 6.99. The van der Waals surface area contributed by atoms with Gasteiger partial charge in [0.2, 0.25) is 0 Å². The quantitative estimate of drug-likeness (QED) is 0.903. The number of hydrogen-bond acceptors (Lipinski definition) is 3. The number of benzene rings is 1. The highest BCUT2D eigenvalue weighted by Gasteiger charge is 2.13. The van der Waals surface area contributed by atoms with Gasteiger partial charge in [-0.3, -0.25) is 9.78 Å². The van der Waals surface area contributed by atoms with Crippen LogP contribution in [0.5, 0.6) is 0 Å². The van der Waals surface area contributed by atoms with Gasteiger partial charge in [0.1, 0.15) is 0 Å². The highest BCUT2D eigenvalue weighted by molar-refractivity contribution is 9.10. The molecule has 104 valence electrons. The minimum Gasteiger partial charge on any atom is -0.387 e. The molecule has 1 amide bonds. The van der Waals surface area contributed by atoms with E-state index in [2.05, 4.69) is 26.2 Å². The molecule has 0 unspecified atom stereocenters. The van der Waals surface area contributed by atoms with Gasteiger partial charge in [-0.1, -0.05) is 12.1 Å². The van der Waals surface area contributed by atoms with Crippen molar-refractivity contribution in [3.63, 3.8) is 0 Å². The number of hydrogen-bond donors (Lipinski definition) is 2. The van der Waals surface area contributed by atoms with E-state index in [1.807, 2.05) is 19.1 Å². The fourth-order valence-electron chi connectivity index (χ4n) is 1.78. The maximum atomic E-state index is 12.0. The first kappa shape index (κ1) is 14.7. The molecular formula is C15H15BrN2O2. The zero-order valence-corrected chi connectivity index (χ0v) is 12.6. The molecule has 1 heterocycles. The Morgan fingerprint density at radius 3 is 2.90 bits per heavy atom. The number of halogens is 1. The van der Waals surface area contributed by atoms with Crippen molar-refractivity contribution in [1.29, 1.82) is 0 Å². The smallest absolute Gasteiger partial charge is 0.252 e. The zero-order valence-electron chi connectivity index (χ0n) is 11.0. The first-order chi connectivity index (χ1) is 9.58. The fraction of sp³-hybridized carbons (Fsp3) is 0.200. The van der Waals surface area contributed by atoms with Crippen molar-refractivity contribution in [2.24, 2.45) is 0 Å². The Labute approximate surface area is 126 Å². The predicted molar refractivity (Wildman–Crippen MR) is 80.4 cm³/mol. The van der Waals surface area contributed by atoms with Crippen LogP contribution < -0.4 is 5.32 Å². The second-order valence-corrected chi connectivity index (χ2v) is 5.35. The molecule has 1 aromatic carbocycles. The van der Waals surface area contributed by atoms with Crippen LogP contribution in [0.3, 0.4) is 0 Å². The molecule has 1 atom stereocenters. The van der Waals surface area contributed by atoms with Crippen molar-refractivity contribution in [2.45, 2.75) is 13.0 Å². The lowest BCUT2D eigenvalue weighted by Gasteiger charge is -2.12. The van der Waals surface area contributed by atoms with E-state index in [1.54, 1.807) is 30.6 Å². The molecule has 20 heavy (non-hydrogen) atoms. The lowest BCUT2D eigenvalue weighted by Crippen LogP contribution is -2.28. The summed E-state index contributed by atoms with van der Waals surface area (Å²) in [5, 5.41) is 12.7. The molecule has 0 fully saturated rings. The number of carbonyl (C=O) groups is 1. The molecule has 0 bridgehead atoms. The van der Waals surface area contributed by atoms with E-state index < -0.39 is 6.10 Å². The number of nitrogens with one attached hydrogen (secondary N) is 1.